The van der Waals surface area contributed by atoms with Gasteiger partial charge in [-0.3, -0.25) is 0 Å². The number of hydrogen-bond donors (Lipinski definition) is 1. The van der Waals surface area contributed by atoms with Crippen molar-refractivity contribution in [2.75, 3.05) is 0 Å². The SMILES string of the molecule is CCCCCCC(O)Cc1ccc(F)cc1Br. The second kappa shape index (κ2) is 7.83. The summed E-state index contributed by atoms with van der Waals surface area (Å²) in [7, 11) is 0. The van der Waals surface area contributed by atoms with E-state index in [1.54, 1.807) is 6.07 Å². The molecule has 3 heteroatoms. The van der Waals surface area contributed by atoms with Crippen LogP contribution in [0.4, 0.5) is 4.39 Å². The lowest BCUT2D eigenvalue weighted by atomic mass is 10.0. The van der Waals surface area contributed by atoms with Gasteiger partial charge < -0.3 is 5.11 Å². The third kappa shape index (κ3) is 5.64. The predicted molar refractivity (Wildman–Crippen MR) is 72.6 cm³/mol. The highest BCUT2D eigenvalue weighted by Crippen LogP contribution is 2.20. The Kier molecular flexibility index (Phi) is 6.75. The Morgan fingerprint density at radius 2 is 2.06 bits per heavy atom. The molecule has 1 N–H and O–H groups in total. The van der Waals surface area contributed by atoms with Crippen LogP contribution in [-0.4, -0.2) is 11.2 Å². The third-order valence-corrected chi connectivity index (χ3v) is 3.60. The van der Waals surface area contributed by atoms with Gasteiger partial charge in [0, 0.05) is 4.47 Å². The minimum absolute atomic E-state index is 0.252. The Hall–Kier alpha value is -0.410. The minimum atomic E-state index is -0.325. The van der Waals surface area contributed by atoms with E-state index in [9.17, 15) is 9.50 Å². The van der Waals surface area contributed by atoms with Gasteiger partial charge in [0.2, 0.25) is 0 Å². The largest absolute Gasteiger partial charge is 0.393 e. The molecule has 0 spiro atoms. The zero-order chi connectivity index (χ0) is 12.7. The molecule has 0 aromatic heterocycles. The summed E-state index contributed by atoms with van der Waals surface area (Å²) in [6.07, 6.45) is 5.77. The summed E-state index contributed by atoms with van der Waals surface area (Å²) in [4.78, 5) is 0. The van der Waals surface area contributed by atoms with E-state index in [0.29, 0.717) is 6.42 Å². The van der Waals surface area contributed by atoms with Crippen molar-refractivity contribution < 1.29 is 9.50 Å². The van der Waals surface area contributed by atoms with E-state index < -0.39 is 0 Å². The van der Waals surface area contributed by atoms with Gasteiger partial charge in [-0.25, -0.2) is 4.39 Å². The van der Waals surface area contributed by atoms with Crippen LogP contribution in [0.5, 0.6) is 0 Å². The van der Waals surface area contributed by atoms with Crippen LogP contribution < -0.4 is 0 Å². The number of benzene rings is 1. The van der Waals surface area contributed by atoms with Crippen molar-refractivity contribution in [1.29, 1.82) is 0 Å². The summed E-state index contributed by atoms with van der Waals surface area (Å²) in [6, 6.07) is 4.61. The molecule has 1 atom stereocenters. The molecule has 0 aliphatic heterocycles. The molecule has 96 valence electrons. The van der Waals surface area contributed by atoms with Crippen LogP contribution in [-0.2, 0) is 6.42 Å². The average molecular weight is 303 g/mol. The van der Waals surface area contributed by atoms with Crippen molar-refractivity contribution in [1.82, 2.24) is 0 Å². The molecule has 1 rings (SSSR count). The molecule has 0 heterocycles. The normalized spacial score (nSPS) is 12.7. The first-order chi connectivity index (χ1) is 8.13. The molecule has 0 amide bonds. The Balaban J connectivity index is 2.37. The van der Waals surface area contributed by atoms with Crippen molar-refractivity contribution in [3.05, 3.63) is 34.1 Å². The fraction of sp³-hybridized carbons (Fsp3) is 0.571. The van der Waals surface area contributed by atoms with Gasteiger partial charge in [0.1, 0.15) is 5.82 Å². The van der Waals surface area contributed by atoms with Gasteiger partial charge >= 0.3 is 0 Å². The van der Waals surface area contributed by atoms with E-state index >= 15 is 0 Å². The van der Waals surface area contributed by atoms with Crippen LogP contribution in [0, 0.1) is 5.82 Å². The molecule has 1 unspecified atom stereocenters. The highest BCUT2D eigenvalue weighted by molar-refractivity contribution is 9.10. The van der Waals surface area contributed by atoms with E-state index in [2.05, 4.69) is 22.9 Å². The highest BCUT2D eigenvalue weighted by atomic mass is 79.9. The van der Waals surface area contributed by atoms with Crippen LogP contribution in [0.3, 0.4) is 0 Å². The highest BCUT2D eigenvalue weighted by Gasteiger charge is 2.08. The molecule has 0 bridgehead atoms. The molecule has 0 saturated carbocycles. The maximum absolute atomic E-state index is 12.9. The van der Waals surface area contributed by atoms with E-state index in [-0.39, 0.29) is 11.9 Å². The molecule has 0 fully saturated rings. The second-order valence-corrected chi connectivity index (χ2v) is 5.30. The fourth-order valence-corrected chi connectivity index (χ4v) is 2.36. The zero-order valence-corrected chi connectivity index (χ0v) is 11.8. The summed E-state index contributed by atoms with van der Waals surface area (Å²) >= 11 is 3.32. The molecular formula is C14H20BrFO. The summed E-state index contributed by atoms with van der Waals surface area (Å²) in [5.41, 5.74) is 0.967. The number of rotatable bonds is 7. The Bertz CT molecular complexity index is 341. The van der Waals surface area contributed by atoms with E-state index in [4.69, 9.17) is 0 Å². The molecule has 0 aliphatic rings. The van der Waals surface area contributed by atoms with Gasteiger partial charge in [0.05, 0.1) is 6.10 Å². The summed E-state index contributed by atoms with van der Waals surface area (Å²) < 4.78 is 13.6. The first kappa shape index (κ1) is 14.7. The number of aliphatic hydroxyl groups is 1. The molecule has 0 radical (unpaired) electrons. The Morgan fingerprint density at radius 1 is 1.29 bits per heavy atom. The summed E-state index contributed by atoms with van der Waals surface area (Å²) in [5, 5.41) is 9.88. The van der Waals surface area contributed by atoms with Gasteiger partial charge in [-0.15, -0.1) is 0 Å². The maximum atomic E-state index is 12.9. The lowest BCUT2D eigenvalue weighted by Crippen LogP contribution is -2.10. The van der Waals surface area contributed by atoms with E-state index in [0.717, 1.165) is 22.9 Å². The van der Waals surface area contributed by atoms with Gasteiger partial charge in [0.15, 0.2) is 0 Å². The van der Waals surface area contributed by atoms with Gasteiger partial charge in [-0.05, 0) is 30.5 Å². The molecule has 0 aliphatic carbocycles. The van der Waals surface area contributed by atoms with Crippen molar-refractivity contribution in [2.24, 2.45) is 0 Å². The summed E-state index contributed by atoms with van der Waals surface area (Å²) in [5.74, 6) is -0.252. The topological polar surface area (TPSA) is 20.2 Å². The van der Waals surface area contributed by atoms with Crippen molar-refractivity contribution in [2.45, 2.75) is 51.6 Å². The maximum Gasteiger partial charge on any atom is 0.124 e. The molecule has 17 heavy (non-hydrogen) atoms. The van der Waals surface area contributed by atoms with Gasteiger partial charge in [-0.2, -0.15) is 0 Å². The average Bonchev–Trinajstić information content (AvgIpc) is 2.28. The lowest BCUT2D eigenvalue weighted by Gasteiger charge is -2.11. The molecule has 1 aromatic carbocycles. The number of unbranched alkanes of at least 4 members (excludes halogenated alkanes) is 3. The van der Waals surface area contributed by atoms with Crippen LogP contribution in [0.15, 0.2) is 22.7 Å². The Labute approximate surface area is 111 Å². The Morgan fingerprint density at radius 3 is 2.71 bits per heavy atom. The van der Waals surface area contributed by atoms with Crippen LogP contribution in [0.25, 0.3) is 0 Å². The fourth-order valence-electron chi connectivity index (χ4n) is 1.85. The minimum Gasteiger partial charge on any atom is -0.393 e. The van der Waals surface area contributed by atoms with Crippen LogP contribution >= 0.6 is 15.9 Å². The number of hydrogen-bond acceptors (Lipinski definition) is 1. The number of halogens is 2. The van der Waals surface area contributed by atoms with Crippen LogP contribution in [0.1, 0.15) is 44.6 Å². The number of aliphatic hydroxyl groups excluding tert-OH is 1. The smallest absolute Gasteiger partial charge is 0.124 e. The van der Waals surface area contributed by atoms with Crippen LogP contribution in [0.2, 0.25) is 0 Å². The molecule has 1 aromatic rings. The van der Waals surface area contributed by atoms with E-state index in [1.807, 2.05) is 0 Å². The second-order valence-electron chi connectivity index (χ2n) is 4.44. The summed E-state index contributed by atoms with van der Waals surface area (Å²) in [6.45, 7) is 2.17. The quantitative estimate of drug-likeness (QED) is 0.737. The van der Waals surface area contributed by atoms with Crippen molar-refractivity contribution in [3.63, 3.8) is 0 Å². The van der Waals surface area contributed by atoms with E-state index in [1.165, 1.54) is 31.4 Å². The van der Waals surface area contributed by atoms with Gasteiger partial charge in [0.25, 0.3) is 0 Å². The van der Waals surface area contributed by atoms with Crippen molar-refractivity contribution >= 4 is 15.9 Å². The monoisotopic (exact) mass is 302 g/mol. The molecular weight excluding hydrogens is 283 g/mol. The molecule has 0 saturated heterocycles. The third-order valence-electron chi connectivity index (χ3n) is 2.86. The lowest BCUT2D eigenvalue weighted by molar-refractivity contribution is 0.160. The van der Waals surface area contributed by atoms with Gasteiger partial charge in [-0.1, -0.05) is 54.6 Å². The first-order valence-electron chi connectivity index (χ1n) is 6.25. The first-order valence-corrected chi connectivity index (χ1v) is 7.04. The zero-order valence-electron chi connectivity index (χ0n) is 10.3. The standard InChI is InChI=1S/C14H20BrFO/c1-2-3-4-5-6-13(17)9-11-7-8-12(16)10-14(11)15/h7-8,10,13,17H,2-6,9H2,1H3. The van der Waals surface area contributed by atoms with Crippen molar-refractivity contribution in [3.8, 4) is 0 Å². The predicted octanol–water partition coefficient (Wildman–Crippen LogP) is 4.46. The molecule has 1 nitrogen and oxygen atoms in total.